The Morgan fingerprint density at radius 1 is 1.16 bits per heavy atom. The van der Waals surface area contributed by atoms with Gasteiger partial charge in [-0.15, -0.1) is 0 Å². The van der Waals surface area contributed by atoms with Crippen LogP contribution in [0.1, 0.15) is 0 Å². The summed E-state index contributed by atoms with van der Waals surface area (Å²) in [6, 6.07) is -4.60. The van der Waals surface area contributed by atoms with Crippen LogP contribution in [-0.2, 0) is 4.74 Å². The van der Waals surface area contributed by atoms with E-state index in [2.05, 4.69) is 4.74 Å². The van der Waals surface area contributed by atoms with Gasteiger partial charge >= 0.3 is 31.6 Å². The summed E-state index contributed by atoms with van der Waals surface area (Å²) >= 11 is 0. The number of nitrogens with zero attached hydrogens (tertiary/aromatic N) is 2. The van der Waals surface area contributed by atoms with Gasteiger partial charge in [-0.3, -0.25) is 4.90 Å². The summed E-state index contributed by atoms with van der Waals surface area (Å²) < 4.78 is 118. The predicted molar refractivity (Wildman–Crippen MR) is 60.7 cm³/mol. The van der Waals surface area contributed by atoms with Gasteiger partial charge in [0.2, 0.25) is 0 Å². The molecule has 25 heavy (non-hydrogen) atoms. The molecule has 0 aliphatic carbocycles. The fraction of sp³-hybridized carbons (Fsp3) is 0.889. The molecule has 1 rings (SSSR count). The molecule has 0 aromatic heterocycles. The fourth-order valence-electron chi connectivity index (χ4n) is 1.91. The van der Waals surface area contributed by atoms with Crippen molar-refractivity contribution in [3.8, 4) is 0 Å². The van der Waals surface area contributed by atoms with Crippen LogP contribution in [0.4, 0.5) is 44.3 Å². The minimum Gasteiger partial charge on any atom is -0.426 e. The lowest BCUT2D eigenvalue weighted by Gasteiger charge is -2.42. The number of hydrogen-bond donors (Lipinski definition) is 2. The maximum atomic E-state index is 13.7. The van der Waals surface area contributed by atoms with E-state index < -0.39 is 68.4 Å². The number of halogens is 9. The lowest BCUT2D eigenvalue weighted by atomic mass is 9.90. The predicted octanol–water partition coefficient (Wildman–Crippen LogP) is 1.13. The number of ether oxygens (including phenoxy) is 1. The molecule has 1 unspecified atom stereocenters. The Kier molecular flexibility index (Phi) is 6.11. The van der Waals surface area contributed by atoms with E-state index in [-0.39, 0.29) is 4.90 Å². The lowest BCUT2D eigenvalue weighted by molar-refractivity contribution is -0.312. The van der Waals surface area contributed by atoms with Crippen LogP contribution in [0.3, 0.4) is 0 Å². The fourth-order valence-corrected chi connectivity index (χ4v) is 1.91. The Labute approximate surface area is 133 Å². The minimum absolute atomic E-state index is 0.142. The lowest BCUT2D eigenvalue weighted by Crippen LogP contribution is -2.65. The van der Waals surface area contributed by atoms with Crippen molar-refractivity contribution in [1.29, 1.82) is 0 Å². The van der Waals surface area contributed by atoms with Gasteiger partial charge in [-0.25, -0.2) is 14.1 Å². The van der Waals surface area contributed by atoms with E-state index >= 15 is 0 Å². The average molecular weight is 392 g/mol. The molecule has 1 fully saturated rings. The van der Waals surface area contributed by atoms with Gasteiger partial charge in [0, 0.05) is 19.5 Å². The first-order valence-electron chi connectivity index (χ1n) is 6.32. The Morgan fingerprint density at radius 3 is 2.04 bits per heavy atom. The van der Waals surface area contributed by atoms with Gasteiger partial charge in [-0.2, -0.15) is 35.1 Å². The molecule has 1 atom stereocenters. The van der Waals surface area contributed by atoms with Gasteiger partial charge < -0.3 is 14.8 Å². The maximum absolute atomic E-state index is 13.7. The summed E-state index contributed by atoms with van der Waals surface area (Å²) in [5.74, 6) is 0. The Hall–Kier alpha value is -1.42. The second-order valence-electron chi connectivity index (χ2n) is 4.89. The summed E-state index contributed by atoms with van der Waals surface area (Å²) in [6.07, 6.45) is -24.2. The first kappa shape index (κ1) is 21.6. The number of alkyl halides is 9. The molecule has 146 valence electrons. The van der Waals surface area contributed by atoms with E-state index in [0.29, 0.717) is 0 Å². The van der Waals surface area contributed by atoms with E-state index in [4.69, 9.17) is 10.0 Å². The number of piperazine rings is 1. The Morgan fingerprint density at radius 2 is 1.64 bits per heavy atom. The zero-order chi connectivity index (χ0) is 19.8. The average Bonchev–Trinajstić information content (AvgIpc) is 2.38. The third-order valence-electron chi connectivity index (χ3n) is 3.02. The molecule has 0 spiro atoms. The summed E-state index contributed by atoms with van der Waals surface area (Å²) in [4.78, 5) is 10.6. The number of hydrogen-bond acceptors (Lipinski definition) is 5. The highest BCUT2D eigenvalue weighted by Crippen LogP contribution is 2.37. The molecule has 1 saturated heterocycles. The van der Waals surface area contributed by atoms with Crippen LogP contribution < -0.4 is 0 Å². The van der Waals surface area contributed by atoms with Crippen molar-refractivity contribution in [1.82, 2.24) is 9.80 Å². The van der Waals surface area contributed by atoms with Crippen LogP contribution in [0.2, 0.25) is 0 Å². The molecule has 6 nitrogen and oxygen atoms in total. The van der Waals surface area contributed by atoms with E-state index in [1.54, 1.807) is 0 Å². The molecule has 0 bridgehead atoms. The smallest absolute Gasteiger partial charge is 0.426 e. The van der Waals surface area contributed by atoms with Gasteiger partial charge in [0.1, 0.15) is 0 Å². The molecule has 0 radical (unpaired) electrons. The number of carbonyl (C=O) groups excluding carboxylic acids is 1. The normalized spacial score (nSPS) is 22.2. The monoisotopic (exact) mass is 392 g/mol. The van der Waals surface area contributed by atoms with Gasteiger partial charge in [0.15, 0.2) is 0 Å². The Balaban J connectivity index is 2.93. The highest BCUT2D eigenvalue weighted by atomic mass is 19.4. The molecule has 1 aliphatic rings. The van der Waals surface area contributed by atoms with Crippen LogP contribution in [0.25, 0.3) is 0 Å². The molecular weight excluding hydrogens is 382 g/mol. The Bertz CT molecular complexity index is 473. The molecule has 0 aromatic rings. The van der Waals surface area contributed by atoms with Crippen molar-refractivity contribution >= 4 is 13.2 Å². The summed E-state index contributed by atoms with van der Waals surface area (Å²) in [5, 5.41) is 17.2. The van der Waals surface area contributed by atoms with Crippen LogP contribution in [-0.4, -0.2) is 83.4 Å². The van der Waals surface area contributed by atoms with E-state index in [1.807, 2.05) is 0 Å². The molecule has 1 amide bonds. The van der Waals surface area contributed by atoms with Crippen molar-refractivity contribution in [2.24, 2.45) is 0 Å². The van der Waals surface area contributed by atoms with Crippen molar-refractivity contribution < 1.29 is 59.1 Å². The zero-order valence-corrected chi connectivity index (χ0v) is 11.9. The molecule has 0 aromatic carbocycles. The van der Waals surface area contributed by atoms with E-state index in [0.717, 1.165) is 0 Å². The zero-order valence-electron chi connectivity index (χ0n) is 11.9. The first-order chi connectivity index (χ1) is 11.1. The number of carbonyl (C=O) groups is 1. The van der Waals surface area contributed by atoms with Crippen molar-refractivity contribution in [3.05, 3.63) is 0 Å². The van der Waals surface area contributed by atoms with E-state index in [9.17, 15) is 44.3 Å². The third kappa shape index (κ3) is 5.04. The summed E-state index contributed by atoms with van der Waals surface area (Å²) in [5.41, 5.74) is 0. The summed E-state index contributed by atoms with van der Waals surface area (Å²) in [7, 11) is -2.32. The number of rotatable bonds is 3. The standard InChI is InChI=1S/C9H10BF9N2O4/c11-5-9(18,19)20(3-10(23)24)1-2-21(5)6(22)25-4(7(12,13)14)8(15,16)17/h4-5,23-24H,1-3H2. The second-order valence-corrected chi connectivity index (χ2v) is 4.89. The van der Waals surface area contributed by atoms with Crippen LogP contribution in [0.15, 0.2) is 0 Å². The summed E-state index contributed by atoms with van der Waals surface area (Å²) in [6.45, 7) is -2.05. The molecule has 16 heteroatoms. The van der Waals surface area contributed by atoms with Gasteiger partial charge in [0.05, 0.1) is 0 Å². The quantitative estimate of drug-likeness (QED) is 0.428. The van der Waals surface area contributed by atoms with Crippen molar-refractivity contribution in [2.45, 2.75) is 30.8 Å². The van der Waals surface area contributed by atoms with Crippen LogP contribution >= 0.6 is 0 Å². The van der Waals surface area contributed by atoms with Gasteiger partial charge in [-0.05, 0) is 0 Å². The third-order valence-corrected chi connectivity index (χ3v) is 3.02. The molecular formula is C9H10BF9N2O4. The van der Waals surface area contributed by atoms with Crippen LogP contribution in [0, 0.1) is 0 Å². The maximum Gasteiger partial charge on any atom is 0.466 e. The van der Waals surface area contributed by atoms with E-state index in [1.165, 1.54) is 0 Å². The number of amides is 1. The minimum atomic E-state index is -6.09. The molecule has 1 heterocycles. The molecule has 2 N–H and O–H groups in total. The van der Waals surface area contributed by atoms with Gasteiger partial charge in [0.25, 0.3) is 12.4 Å². The topological polar surface area (TPSA) is 73.2 Å². The molecule has 0 saturated carbocycles. The first-order valence-corrected chi connectivity index (χ1v) is 6.32. The van der Waals surface area contributed by atoms with Crippen LogP contribution in [0.5, 0.6) is 0 Å². The largest absolute Gasteiger partial charge is 0.466 e. The van der Waals surface area contributed by atoms with Crippen molar-refractivity contribution in [3.63, 3.8) is 0 Å². The molecule has 1 aliphatic heterocycles. The second kappa shape index (κ2) is 7.07. The highest BCUT2D eigenvalue weighted by Gasteiger charge is 2.61. The van der Waals surface area contributed by atoms with Crippen molar-refractivity contribution in [2.75, 3.05) is 19.5 Å². The highest BCUT2D eigenvalue weighted by molar-refractivity contribution is 6.41. The van der Waals surface area contributed by atoms with Gasteiger partial charge in [-0.1, -0.05) is 0 Å². The SMILES string of the molecule is O=C(OC(C(F)(F)F)C(F)(F)F)N1CCN(CB(O)O)C(F)(F)C1F.